The highest BCUT2D eigenvalue weighted by Gasteiger charge is 2.18. The third-order valence-electron chi connectivity index (χ3n) is 3.72. The summed E-state index contributed by atoms with van der Waals surface area (Å²) >= 11 is 3.34. The van der Waals surface area contributed by atoms with E-state index in [1.807, 2.05) is 0 Å². The molecule has 0 bridgehead atoms. The highest BCUT2D eigenvalue weighted by Crippen LogP contribution is 2.39. The number of ether oxygens (including phenoxy) is 4. The maximum atomic E-state index is 12.7. The number of allylic oxidation sites excluding steroid dienone is 1. The summed E-state index contributed by atoms with van der Waals surface area (Å²) in [6, 6.07) is 8.37. The van der Waals surface area contributed by atoms with Crippen LogP contribution in [0.15, 0.2) is 34.8 Å². The summed E-state index contributed by atoms with van der Waals surface area (Å²) in [5, 5.41) is 0. The summed E-state index contributed by atoms with van der Waals surface area (Å²) in [5.74, 6) is 2.03. The minimum absolute atomic E-state index is 0.164. The van der Waals surface area contributed by atoms with E-state index in [1.165, 1.54) is 7.11 Å². The van der Waals surface area contributed by atoms with Crippen molar-refractivity contribution in [1.82, 2.24) is 0 Å². The molecule has 0 fully saturated rings. The smallest absolute Gasteiger partial charge is 0.231 e. The van der Waals surface area contributed by atoms with Gasteiger partial charge in [0.25, 0.3) is 0 Å². The second-order valence-corrected chi connectivity index (χ2v) is 6.08. The largest absolute Gasteiger partial charge is 0.496 e. The average molecular weight is 406 g/mol. The van der Waals surface area contributed by atoms with Gasteiger partial charge in [-0.15, -0.1) is 0 Å². The molecule has 0 unspecified atom stereocenters. The van der Waals surface area contributed by atoms with E-state index in [4.69, 9.17) is 24.7 Å². The molecule has 0 spiro atoms. The zero-order valence-electron chi connectivity index (χ0n) is 13.7. The molecule has 0 saturated heterocycles. The molecule has 0 amide bonds. The zero-order valence-corrected chi connectivity index (χ0v) is 15.3. The van der Waals surface area contributed by atoms with Crippen LogP contribution in [0.2, 0.25) is 0 Å². The lowest BCUT2D eigenvalue weighted by atomic mass is 10.1. The number of hydrogen-bond donors (Lipinski definition) is 1. The number of benzene rings is 2. The number of rotatable bonds is 5. The Kier molecular flexibility index (Phi) is 4.85. The number of anilines is 1. The standard InChI is InChI=1S/C18H16BrNO5/c1-22-14-8-17-16(24-9-25-17)7-11(14)5-12(19)18(21)10-3-4-13(20)15(6-10)23-2/h3-8H,9,20H2,1-2H3/b12-5+. The normalized spacial score (nSPS) is 12.8. The lowest BCUT2D eigenvalue weighted by Gasteiger charge is -2.09. The molecule has 1 heterocycles. The van der Waals surface area contributed by atoms with Gasteiger partial charge in [-0.1, -0.05) is 0 Å². The van der Waals surface area contributed by atoms with Gasteiger partial charge in [0.1, 0.15) is 11.5 Å². The van der Waals surface area contributed by atoms with E-state index in [9.17, 15) is 4.79 Å². The summed E-state index contributed by atoms with van der Waals surface area (Å²) in [4.78, 5) is 12.7. The summed E-state index contributed by atoms with van der Waals surface area (Å²) in [5.41, 5.74) is 7.40. The first-order valence-corrected chi connectivity index (χ1v) is 8.16. The number of halogens is 1. The van der Waals surface area contributed by atoms with E-state index in [1.54, 1.807) is 43.5 Å². The highest BCUT2D eigenvalue weighted by molar-refractivity contribution is 9.12. The molecule has 0 aliphatic carbocycles. The maximum absolute atomic E-state index is 12.7. The Morgan fingerprint density at radius 2 is 1.80 bits per heavy atom. The van der Waals surface area contributed by atoms with Crippen LogP contribution in [0.5, 0.6) is 23.0 Å². The molecular weight excluding hydrogens is 390 g/mol. The number of fused-ring (bicyclic) bond motifs is 1. The minimum Gasteiger partial charge on any atom is -0.496 e. The number of Topliss-reactive ketones (excluding diaryl/α,β-unsaturated/α-hetero) is 1. The van der Waals surface area contributed by atoms with Crippen LogP contribution in [0, 0.1) is 0 Å². The number of carbonyl (C=O) groups is 1. The van der Waals surface area contributed by atoms with Gasteiger partial charge in [0.05, 0.1) is 24.4 Å². The van der Waals surface area contributed by atoms with Crippen molar-refractivity contribution in [2.45, 2.75) is 0 Å². The van der Waals surface area contributed by atoms with Crippen LogP contribution in [-0.4, -0.2) is 26.8 Å². The van der Waals surface area contributed by atoms with Crippen LogP contribution in [0.4, 0.5) is 5.69 Å². The minimum atomic E-state index is -0.210. The van der Waals surface area contributed by atoms with Gasteiger partial charge in [0.15, 0.2) is 17.3 Å². The van der Waals surface area contributed by atoms with Crippen LogP contribution >= 0.6 is 15.9 Å². The van der Waals surface area contributed by atoms with Gasteiger partial charge in [-0.3, -0.25) is 4.79 Å². The topological polar surface area (TPSA) is 80.0 Å². The van der Waals surface area contributed by atoms with Gasteiger partial charge in [0.2, 0.25) is 6.79 Å². The van der Waals surface area contributed by atoms with Crippen molar-refractivity contribution in [2.75, 3.05) is 26.7 Å². The van der Waals surface area contributed by atoms with Crippen molar-refractivity contribution in [3.05, 3.63) is 45.9 Å². The fourth-order valence-corrected chi connectivity index (χ4v) is 2.90. The average Bonchev–Trinajstić information content (AvgIpc) is 3.08. The second-order valence-electron chi connectivity index (χ2n) is 5.23. The predicted octanol–water partition coefficient (Wildman–Crippen LogP) is 3.63. The fraction of sp³-hybridized carbons (Fsp3) is 0.167. The van der Waals surface area contributed by atoms with E-state index in [0.717, 1.165) is 0 Å². The SMILES string of the molecule is COc1cc(C(=O)/C(Br)=C\c2cc3c(cc2OC)OCO3)ccc1N. The van der Waals surface area contributed by atoms with Crippen molar-refractivity contribution < 1.29 is 23.7 Å². The van der Waals surface area contributed by atoms with Crippen molar-refractivity contribution in [3.8, 4) is 23.0 Å². The van der Waals surface area contributed by atoms with Gasteiger partial charge >= 0.3 is 0 Å². The van der Waals surface area contributed by atoms with Crippen molar-refractivity contribution in [2.24, 2.45) is 0 Å². The van der Waals surface area contributed by atoms with E-state index in [2.05, 4.69) is 15.9 Å². The Bertz CT molecular complexity index is 863. The Morgan fingerprint density at radius 3 is 2.48 bits per heavy atom. The second kappa shape index (κ2) is 7.06. The summed E-state index contributed by atoms with van der Waals surface area (Å²) < 4.78 is 21.6. The summed E-state index contributed by atoms with van der Waals surface area (Å²) in [7, 11) is 3.05. The molecule has 1 aliphatic heterocycles. The first-order chi connectivity index (χ1) is 12.0. The first kappa shape index (κ1) is 17.2. The molecular formula is C18H16BrNO5. The molecule has 0 aromatic heterocycles. The third-order valence-corrected chi connectivity index (χ3v) is 4.31. The molecule has 0 atom stereocenters. The number of nitrogen functional groups attached to an aromatic ring is 1. The molecule has 0 radical (unpaired) electrons. The summed E-state index contributed by atoms with van der Waals surface area (Å²) in [6.45, 7) is 0.164. The Morgan fingerprint density at radius 1 is 1.12 bits per heavy atom. The van der Waals surface area contributed by atoms with Crippen molar-refractivity contribution >= 4 is 33.5 Å². The molecule has 6 nitrogen and oxygen atoms in total. The Labute approximate surface area is 153 Å². The summed E-state index contributed by atoms with van der Waals surface area (Å²) in [6.07, 6.45) is 1.67. The van der Waals surface area contributed by atoms with Crippen LogP contribution in [0.3, 0.4) is 0 Å². The molecule has 7 heteroatoms. The number of carbonyl (C=O) groups excluding carboxylic acids is 1. The van der Waals surface area contributed by atoms with E-state index >= 15 is 0 Å². The van der Waals surface area contributed by atoms with Crippen molar-refractivity contribution in [3.63, 3.8) is 0 Å². The quantitative estimate of drug-likeness (QED) is 0.464. The van der Waals surface area contributed by atoms with E-state index in [-0.39, 0.29) is 12.6 Å². The molecule has 2 aromatic carbocycles. The molecule has 3 rings (SSSR count). The number of hydrogen-bond acceptors (Lipinski definition) is 6. The molecule has 1 aliphatic rings. The van der Waals surface area contributed by atoms with Crippen LogP contribution in [0.25, 0.3) is 6.08 Å². The highest BCUT2D eigenvalue weighted by atomic mass is 79.9. The lowest BCUT2D eigenvalue weighted by molar-refractivity contribution is 0.104. The first-order valence-electron chi connectivity index (χ1n) is 7.36. The van der Waals surface area contributed by atoms with Gasteiger partial charge in [0, 0.05) is 17.2 Å². The molecule has 0 saturated carbocycles. The number of ketones is 1. The van der Waals surface area contributed by atoms with Crippen LogP contribution < -0.4 is 24.7 Å². The van der Waals surface area contributed by atoms with Crippen LogP contribution in [-0.2, 0) is 0 Å². The predicted molar refractivity (Wildman–Crippen MR) is 97.8 cm³/mol. The lowest BCUT2D eigenvalue weighted by Crippen LogP contribution is -2.01. The molecule has 2 aromatic rings. The molecule has 130 valence electrons. The zero-order chi connectivity index (χ0) is 18.0. The Balaban J connectivity index is 1.95. The fourth-order valence-electron chi connectivity index (χ4n) is 2.42. The van der Waals surface area contributed by atoms with Gasteiger partial charge in [-0.2, -0.15) is 0 Å². The monoisotopic (exact) mass is 405 g/mol. The number of nitrogens with two attached hydrogens (primary N) is 1. The maximum Gasteiger partial charge on any atom is 0.231 e. The van der Waals surface area contributed by atoms with E-state index in [0.29, 0.717) is 44.3 Å². The molecule has 25 heavy (non-hydrogen) atoms. The Hall–Kier alpha value is -2.67. The van der Waals surface area contributed by atoms with Gasteiger partial charge in [-0.25, -0.2) is 0 Å². The molecule has 2 N–H and O–H groups in total. The van der Waals surface area contributed by atoms with Crippen LogP contribution in [0.1, 0.15) is 15.9 Å². The van der Waals surface area contributed by atoms with E-state index < -0.39 is 0 Å². The van der Waals surface area contributed by atoms with Gasteiger partial charge in [-0.05, 0) is 46.3 Å². The van der Waals surface area contributed by atoms with Gasteiger partial charge < -0.3 is 24.7 Å². The van der Waals surface area contributed by atoms with Crippen molar-refractivity contribution in [1.29, 1.82) is 0 Å². The number of methoxy groups -OCH3 is 2. The third kappa shape index (κ3) is 3.41.